The number of hydrogen-bond acceptors (Lipinski definition) is 2. The monoisotopic (exact) mass is 286 g/mol. The molecule has 1 aliphatic carbocycles. The molecule has 0 spiro atoms. The second kappa shape index (κ2) is 5.49. The van der Waals surface area contributed by atoms with Gasteiger partial charge >= 0.3 is 5.97 Å². The van der Waals surface area contributed by atoms with E-state index in [1.807, 2.05) is 0 Å². The van der Waals surface area contributed by atoms with Crippen molar-refractivity contribution < 1.29 is 18.7 Å². The average Bonchev–Trinajstić information content (AvgIpc) is 2.41. The summed E-state index contributed by atoms with van der Waals surface area (Å²) in [5.74, 6) is -2.22. The molecule has 0 saturated heterocycles. The van der Waals surface area contributed by atoms with Crippen LogP contribution in [0.15, 0.2) is 17.0 Å². The van der Waals surface area contributed by atoms with Crippen LogP contribution in [0, 0.1) is 11.6 Å². The third-order valence-electron chi connectivity index (χ3n) is 3.87. The van der Waals surface area contributed by atoms with Crippen LogP contribution in [0.2, 0.25) is 0 Å². The molecule has 0 atom stereocenters. The summed E-state index contributed by atoms with van der Waals surface area (Å²) in [5.41, 5.74) is -1.27. The van der Waals surface area contributed by atoms with Crippen LogP contribution in [0.25, 0.3) is 0 Å². The van der Waals surface area contributed by atoms with E-state index in [0.29, 0.717) is 12.8 Å². The zero-order valence-electron chi connectivity index (χ0n) is 10.7. The van der Waals surface area contributed by atoms with Crippen molar-refractivity contribution in [2.75, 3.05) is 6.26 Å². The fraction of sp³-hybridized carbons (Fsp3) is 0.500. The minimum absolute atomic E-state index is 0.00463. The van der Waals surface area contributed by atoms with Gasteiger partial charge in [0.15, 0.2) is 0 Å². The van der Waals surface area contributed by atoms with Crippen molar-refractivity contribution in [3.05, 3.63) is 29.3 Å². The van der Waals surface area contributed by atoms with Crippen molar-refractivity contribution in [2.45, 2.75) is 42.4 Å². The molecule has 2 nitrogen and oxygen atoms in total. The summed E-state index contributed by atoms with van der Waals surface area (Å²) in [5, 5.41) is 9.49. The van der Waals surface area contributed by atoms with E-state index in [1.165, 1.54) is 0 Å². The summed E-state index contributed by atoms with van der Waals surface area (Å²) in [7, 11) is 0. The lowest BCUT2D eigenvalue weighted by Gasteiger charge is -2.34. The maximum Gasteiger partial charge on any atom is 0.314 e. The van der Waals surface area contributed by atoms with Crippen molar-refractivity contribution in [1.29, 1.82) is 0 Å². The Morgan fingerprint density at radius 3 is 2.37 bits per heavy atom. The smallest absolute Gasteiger partial charge is 0.314 e. The van der Waals surface area contributed by atoms with Crippen LogP contribution < -0.4 is 0 Å². The van der Waals surface area contributed by atoms with Crippen LogP contribution >= 0.6 is 11.8 Å². The summed E-state index contributed by atoms with van der Waals surface area (Å²) in [6.07, 6.45) is 4.82. The van der Waals surface area contributed by atoms with E-state index < -0.39 is 23.0 Å². The summed E-state index contributed by atoms with van der Waals surface area (Å²) in [4.78, 5) is 11.8. The van der Waals surface area contributed by atoms with E-state index >= 15 is 0 Å². The Balaban J connectivity index is 2.54. The van der Waals surface area contributed by atoms with Gasteiger partial charge in [0.05, 0.1) is 5.41 Å². The van der Waals surface area contributed by atoms with E-state index in [4.69, 9.17) is 0 Å². The molecule has 0 radical (unpaired) electrons. The maximum absolute atomic E-state index is 14.2. The molecular weight excluding hydrogens is 270 g/mol. The van der Waals surface area contributed by atoms with E-state index in [2.05, 4.69) is 0 Å². The predicted octanol–water partition coefficient (Wildman–Crippen LogP) is 3.97. The van der Waals surface area contributed by atoms with Crippen molar-refractivity contribution in [3.63, 3.8) is 0 Å². The molecule has 1 fully saturated rings. The Bertz CT molecular complexity index is 496. The van der Waals surface area contributed by atoms with Crippen molar-refractivity contribution in [3.8, 4) is 0 Å². The highest BCUT2D eigenvalue weighted by molar-refractivity contribution is 7.98. The number of carboxylic acid groups (broad SMARTS) is 1. The number of halogens is 2. The number of carboxylic acids is 1. The molecule has 104 valence electrons. The zero-order valence-corrected chi connectivity index (χ0v) is 11.5. The SMILES string of the molecule is CSc1cc(F)c(C2(C(=O)O)CCCCC2)cc1F. The zero-order chi connectivity index (χ0) is 14.0. The molecule has 1 N–H and O–H groups in total. The molecular formula is C14H16F2O2S. The van der Waals surface area contributed by atoms with E-state index in [9.17, 15) is 18.7 Å². The molecule has 1 aliphatic rings. The highest BCUT2D eigenvalue weighted by Crippen LogP contribution is 2.42. The van der Waals surface area contributed by atoms with E-state index in [-0.39, 0.29) is 10.5 Å². The van der Waals surface area contributed by atoms with Crippen molar-refractivity contribution in [2.24, 2.45) is 0 Å². The molecule has 0 aliphatic heterocycles. The minimum Gasteiger partial charge on any atom is -0.481 e. The highest BCUT2D eigenvalue weighted by Gasteiger charge is 2.43. The summed E-state index contributed by atoms with van der Waals surface area (Å²) < 4.78 is 28.0. The average molecular weight is 286 g/mol. The Labute approximate surface area is 115 Å². The summed E-state index contributed by atoms with van der Waals surface area (Å²) >= 11 is 1.11. The van der Waals surface area contributed by atoms with E-state index in [0.717, 1.165) is 43.2 Å². The first-order chi connectivity index (χ1) is 9.01. The molecule has 0 bridgehead atoms. The maximum atomic E-state index is 14.2. The van der Waals surface area contributed by atoms with Gasteiger partial charge in [-0.05, 0) is 31.2 Å². The number of aliphatic carboxylic acids is 1. The third kappa shape index (κ3) is 2.48. The predicted molar refractivity (Wildman–Crippen MR) is 70.5 cm³/mol. The Kier molecular flexibility index (Phi) is 4.13. The first-order valence-electron chi connectivity index (χ1n) is 6.28. The van der Waals surface area contributed by atoms with Gasteiger partial charge < -0.3 is 5.11 Å². The summed E-state index contributed by atoms with van der Waals surface area (Å²) in [6, 6.07) is 2.18. The molecule has 0 amide bonds. The van der Waals surface area contributed by atoms with Crippen molar-refractivity contribution >= 4 is 17.7 Å². The third-order valence-corrected chi connectivity index (χ3v) is 4.63. The Morgan fingerprint density at radius 2 is 1.84 bits per heavy atom. The van der Waals surface area contributed by atoms with Gasteiger partial charge in [-0.25, -0.2) is 8.78 Å². The van der Waals surface area contributed by atoms with Gasteiger partial charge in [0.1, 0.15) is 11.6 Å². The van der Waals surface area contributed by atoms with Crippen LogP contribution in [0.1, 0.15) is 37.7 Å². The largest absolute Gasteiger partial charge is 0.481 e. The number of benzene rings is 1. The Hall–Kier alpha value is -1.10. The highest BCUT2D eigenvalue weighted by atomic mass is 32.2. The van der Waals surface area contributed by atoms with Crippen LogP contribution in [0.4, 0.5) is 8.78 Å². The van der Waals surface area contributed by atoms with Crippen LogP contribution in [0.3, 0.4) is 0 Å². The fourth-order valence-electron chi connectivity index (χ4n) is 2.81. The molecule has 1 aromatic carbocycles. The minimum atomic E-state index is -1.26. The molecule has 2 rings (SSSR count). The summed E-state index contributed by atoms with van der Waals surface area (Å²) in [6.45, 7) is 0. The first kappa shape index (κ1) is 14.3. The number of thioether (sulfide) groups is 1. The molecule has 0 heterocycles. The quantitative estimate of drug-likeness (QED) is 0.854. The number of carbonyl (C=O) groups is 1. The second-order valence-corrected chi connectivity index (χ2v) is 5.76. The molecule has 19 heavy (non-hydrogen) atoms. The molecule has 1 saturated carbocycles. The first-order valence-corrected chi connectivity index (χ1v) is 7.50. The lowest BCUT2D eigenvalue weighted by atomic mass is 9.69. The van der Waals surface area contributed by atoms with Gasteiger partial charge in [-0.3, -0.25) is 4.79 Å². The van der Waals surface area contributed by atoms with Crippen LogP contribution in [0.5, 0.6) is 0 Å². The van der Waals surface area contributed by atoms with Crippen molar-refractivity contribution in [1.82, 2.24) is 0 Å². The molecule has 1 aromatic rings. The van der Waals surface area contributed by atoms with Gasteiger partial charge in [0, 0.05) is 10.5 Å². The van der Waals surface area contributed by atoms with Crippen LogP contribution in [-0.2, 0) is 10.2 Å². The van der Waals surface area contributed by atoms with E-state index in [1.54, 1.807) is 6.26 Å². The van der Waals surface area contributed by atoms with Gasteiger partial charge in [-0.2, -0.15) is 0 Å². The number of hydrogen-bond donors (Lipinski definition) is 1. The fourth-order valence-corrected chi connectivity index (χ4v) is 3.28. The van der Waals surface area contributed by atoms with Gasteiger partial charge in [-0.15, -0.1) is 11.8 Å². The topological polar surface area (TPSA) is 37.3 Å². The number of rotatable bonds is 3. The lowest BCUT2D eigenvalue weighted by molar-refractivity contribution is -0.145. The van der Waals surface area contributed by atoms with Crippen LogP contribution in [-0.4, -0.2) is 17.3 Å². The van der Waals surface area contributed by atoms with Gasteiger partial charge in [-0.1, -0.05) is 19.3 Å². The molecule has 0 aromatic heterocycles. The Morgan fingerprint density at radius 1 is 1.21 bits per heavy atom. The molecule has 5 heteroatoms. The van der Waals surface area contributed by atoms with Gasteiger partial charge in [0.25, 0.3) is 0 Å². The molecule has 0 unspecified atom stereocenters. The standard InChI is InChI=1S/C14H16F2O2S/c1-19-12-8-10(15)9(7-11(12)16)14(13(17)18)5-3-2-4-6-14/h7-8H,2-6H2,1H3,(H,17,18). The van der Waals surface area contributed by atoms with Gasteiger partial charge in [0.2, 0.25) is 0 Å². The lowest BCUT2D eigenvalue weighted by Crippen LogP contribution is -2.38. The second-order valence-electron chi connectivity index (χ2n) is 4.91. The normalized spacial score (nSPS) is 18.3.